The Balaban J connectivity index is 0.794. The van der Waals surface area contributed by atoms with Crippen LogP contribution in [0.15, 0.2) is 102 Å². The summed E-state index contributed by atoms with van der Waals surface area (Å²) in [5.74, 6) is -9.51. The number of thiophene rings is 1. The number of hydrogen-bond acceptors (Lipinski definition) is 19. The van der Waals surface area contributed by atoms with Crippen molar-refractivity contribution in [2.45, 2.75) is 240 Å². The van der Waals surface area contributed by atoms with E-state index in [4.69, 9.17) is 33.4 Å². The Labute approximate surface area is 721 Å². The maximum atomic E-state index is 15.2. The second-order valence-electron chi connectivity index (χ2n) is 32.4. The number of carbonyl (C=O) groups is 12. The van der Waals surface area contributed by atoms with Gasteiger partial charge in [-0.2, -0.15) is 0 Å². The fourth-order valence-electron chi connectivity index (χ4n) is 17.0. The predicted molar refractivity (Wildman–Crippen MR) is 463 cm³/mol. The number of aliphatic hydroxyl groups is 2. The zero-order valence-corrected chi connectivity index (χ0v) is 70.9. The topological polar surface area (TPSA) is 543 Å². The number of hydrogen-bond donors (Lipinski definition) is 18. The van der Waals surface area contributed by atoms with Crippen LogP contribution in [0.4, 0.5) is 5.69 Å². The van der Waals surface area contributed by atoms with Crippen LogP contribution in [-0.4, -0.2) is 267 Å². The highest BCUT2D eigenvalue weighted by atomic mass is 32.1. The molecule has 3 aromatic carbocycles. The summed E-state index contributed by atoms with van der Waals surface area (Å²) < 4.78 is 0. The molecule has 1 aliphatic carbocycles. The number of carbonyl (C=O) groups excluding carboxylic acids is 11. The van der Waals surface area contributed by atoms with Gasteiger partial charge in [0.15, 0.2) is 17.9 Å². The van der Waals surface area contributed by atoms with Crippen molar-refractivity contribution in [1.82, 2.24) is 72.4 Å². The Hall–Kier alpha value is -11.3. The van der Waals surface area contributed by atoms with E-state index in [0.29, 0.717) is 55.4 Å². The number of benzene rings is 3. The van der Waals surface area contributed by atoms with Crippen LogP contribution in [0.25, 0.3) is 0 Å². The minimum Gasteiger partial charge on any atom is -0.480 e. The number of nitrogens with two attached hydrogens (primary N) is 3. The van der Waals surface area contributed by atoms with Crippen LogP contribution in [0.1, 0.15) is 169 Å². The number of amides is 11. The molecule has 4 fully saturated rings. The number of nitrogens with one attached hydrogen (secondary N) is 12. The van der Waals surface area contributed by atoms with Gasteiger partial charge in [-0.05, 0) is 137 Å². The van der Waals surface area contributed by atoms with Crippen LogP contribution < -0.4 is 70.0 Å². The molecule has 21 N–H and O–H groups in total. The number of nitrogens with zero attached hydrogens (tertiary/aromatic N) is 6. The highest BCUT2D eigenvalue weighted by Gasteiger charge is 2.47. The molecule has 5 aliphatic rings. The van der Waals surface area contributed by atoms with E-state index in [1.54, 1.807) is 35.7 Å². The summed E-state index contributed by atoms with van der Waals surface area (Å²) in [4.78, 5) is 182. The molecule has 9 rings (SSSR count). The zero-order valence-electron chi connectivity index (χ0n) is 70.1. The van der Waals surface area contributed by atoms with Crippen molar-refractivity contribution in [3.8, 4) is 0 Å². The monoisotopic (exact) mass is 1720 g/mol. The third-order valence-corrected chi connectivity index (χ3v) is 24.3. The standard InChI is InChI=1S/C86H125N21O15S/c87-84(88)93-40-17-31-64(97-72(110)35-13-2-1-3-14-36-75(113)107(60-28-11-6-12-29-60)61-38-45-102(46-39-61)44-37-56-22-7-4-8-23-56)76(114)100-65(32-18-41-94-85(89)90)79(117)103-43-20-34-69(103)81(119)106-53-62(109)49-70(106)78(116)96-51-73(111)99-67(50-63-30-21-47-123-63)77(115)101-68(55-108)80(118)105-52-58-25-16-15-24-57(58)48-71(105)82(120)104(59-26-9-5-10-27-59)54-74(112)98-66(83(121)122)33-19-42-95-86(91)92/h4,6-8,11-12,15-16,21-25,28-30,47,59,61-62,64-71,108-109H,1-3,5,9-10,13-14,17-20,26-27,31-46,48-55H2,(H,96,116)(H,97,110)(H,98,112)(H,99,111)(H,100,114)(H,101,115)(H,121,122)(H4,87,88,93)(H4,89,90,94)(H4,91,92,95)/t62-,64-,65+,66+,67+,68+,69+,70+,71-/m1/s1. The van der Waals surface area contributed by atoms with Crippen molar-refractivity contribution in [3.05, 3.63) is 124 Å². The van der Waals surface area contributed by atoms with E-state index in [-0.39, 0.29) is 140 Å². The molecule has 4 aliphatic heterocycles. The van der Waals surface area contributed by atoms with Gasteiger partial charge in [0.1, 0.15) is 48.3 Å². The lowest BCUT2D eigenvalue weighted by Crippen LogP contribution is -2.62. The average molecular weight is 1730 g/mol. The number of aliphatic hydroxyl groups excluding tert-OH is 2. The number of fused-ring (bicyclic) bond motifs is 1. The number of rotatable bonds is 46. The van der Waals surface area contributed by atoms with Crippen molar-refractivity contribution in [1.29, 1.82) is 16.2 Å². The molecule has 1 saturated carbocycles. The molecule has 0 spiro atoms. The Bertz CT molecular complexity index is 4210. The molecule has 1 aromatic heterocycles. The highest BCUT2D eigenvalue weighted by molar-refractivity contribution is 7.09. The lowest BCUT2D eigenvalue weighted by atomic mass is 9.90. The molecule has 0 radical (unpaired) electrons. The van der Waals surface area contributed by atoms with E-state index < -0.39 is 145 Å². The normalized spacial score (nSPS) is 18.5. The van der Waals surface area contributed by atoms with Gasteiger partial charge >= 0.3 is 5.97 Å². The first kappa shape index (κ1) is 95.5. The lowest BCUT2D eigenvalue weighted by Gasteiger charge is -2.42. The second kappa shape index (κ2) is 49.1. The maximum Gasteiger partial charge on any atom is 0.326 e. The van der Waals surface area contributed by atoms with Gasteiger partial charge in [-0.15, -0.1) is 11.3 Å². The summed E-state index contributed by atoms with van der Waals surface area (Å²) in [6.45, 7) is 0.579. The number of piperidine rings is 1. The number of anilines is 1. The molecule has 123 heavy (non-hydrogen) atoms. The van der Waals surface area contributed by atoms with Crippen molar-refractivity contribution >= 4 is 106 Å². The molecule has 670 valence electrons. The van der Waals surface area contributed by atoms with Crippen LogP contribution in [0.3, 0.4) is 0 Å². The molecule has 3 saturated heterocycles. The quantitative estimate of drug-likeness (QED) is 0.0168. The third-order valence-electron chi connectivity index (χ3n) is 23.4. The van der Waals surface area contributed by atoms with Crippen LogP contribution in [-0.2, 0) is 83.3 Å². The maximum absolute atomic E-state index is 15.2. The largest absolute Gasteiger partial charge is 0.480 e. The van der Waals surface area contributed by atoms with Crippen molar-refractivity contribution in [2.75, 3.05) is 77.0 Å². The highest BCUT2D eigenvalue weighted by Crippen LogP contribution is 2.32. The van der Waals surface area contributed by atoms with Crippen LogP contribution in [0.2, 0.25) is 0 Å². The minimum absolute atomic E-state index is 0.0157. The van der Waals surface area contributed by atoms with Crippen molar-refractivity contribution < 1.29 is 72.9 Å². The number of aliphatic carboxylic acids is 1. The number of β-amino-alcohol motifs (C(OH)–C–C–N with tert-alkyl or cyclic N) is 1. The molecule has 0 unspecified atom stereocenters. The first-order chi connectivity index (χ1) is 59.2. The van der Waals surface area contributed by atoms with Crippen LogP contribution in [0, 0.1) is 16.2 Å². The molecule has 37 heteroatoms. The van der Waals surface area contributed by atoms with Gasteiger partial charge in [-0.25, -0.2) is 4.79 Å². The smallest absolute Gasteiger partial charge is 0.326 e. The fourth-order valence-corrected chi connectivity index (χ4v) is 17.7. The van der Waals surface area contributed by atoms with Gasteiger partial charge in [-0.1, -0.05) is 117 Å². The molecule has 5 heterocycles. The number of carboxylic acid groups (broad SMARTS) is 1. The van der Waals surface area contributed by atoms with Gasteiger partial charge < -0.3 is 110 Å². The summed E-state index contributed by atoms with van der Waals surface area (Å²) in [6.07, 6.45) is 9.53. The fraction of sp³-hybridized carbons (Fsp3) is 0.570. The molecule has 4 aromatic rings. The van der Waals surface area contributed by atoms with Gasteiger partial charge in [0, 0.05) is 114 Å². The SMILES string of the molecule is N=C(N)NCCC[C@H](NC(=O)CN(C(=O)[C@H]1Cc2ccccc2CN1C(=O)[C@H](CO)NC(=O)[C@H](Cc1cccs1)NC(=O)CNC(=O)[C@@H]1C[C@@H](O)CN1C(=O)[C@@H]1CCCN1C(=O)[C@H](CCCNC(=N)N)NC(=O)[C@@H](CCCNC(=N)N)NC(=O)CCCCCCCC(=O)N(c1ccccc1)C1CCN(CCc2ccccc2)CC1)C1CCCCC1)C(=O)O. The van der Waals surface area contributed by atoms with Crippen molar-refractivity contribution in [3.63, 3.8) is 0 Å². The summed E-state index contributed by atoms with van der Waals surface area (Å²) in [5, 5.41) is 80.7. The predicted octanol–water partition coefficient (Wildman–Crippen LogP) is 1.24. The third kappa shape index (κ3) is 29.7. The van der Waals surface area contributed by atoms with E-state index in [9.17, 15) is 63.3 Å². The number of guanidine groups is 3. The van der Waals surface area contributed by atoms with Gasteiger partial charge in [0.25, 0.3) is 0 Å². The summed E-state index contributed by atoms with van der Waals surface area (Å²) >= 11 is 1.26. The average Bonchev–Trinajstić information content (AvgIpc) is 1.62. The Kier molecular flexibility index (Phi) is 38.1. The second-order valence-corrected chi connectivity index (χ2v) is 33.5. The Morgan fingerprint density at radius 3 is 1.74 bits per heavy atom. The summed E-state index contributed by atoms with van der Waals surface area (Å²) in [6, 6.07) is 19.7. The minimum atomic E-state index is -1.70. The van der Waals surface area contributed by atoms with Gasteiger partial charge in [-0.3, -0.25) is 69.0 Å². The first-order valence-corrected chi connectivity index (χ1v) is 44.1. The molecule has 36 nitrogen and oxygen atoms in total. The molecular formula is C86H125N21O15S. The van der Waals surface area contributed by atoms with Crippen LogP contribution >= 0.6 is 11.3 Å². The Morgan fingerprint density at radius 2 is 1.11 bits per heavy atom. The molecule has 11 amide bonds. The van der Waals surface area contributed by atoms with Crippen LogP contribution in [0.5, 0.6) is 0 Å². The molecule has 9 atom stereocenters. The Morgan fingerprint density at radius 1 is 0.528 bits per heavy atom. The summed E-state index contributed by atoms with van der Waals surface area (Å²) in [7, 11) is 0. The first-order valence-electron chi connectivity index (χ1n) is 43.2. The van der Waals surface area contributed by atoms with Gasteiger partial charge in [0.05, 0.1) is 25.8 Å². The summed E-state index contributed by atoms with van der Waals surface area (Å²) in [5.41, 5.74) is 20.1. The van der Waals surface area contributed by atoms with Gasteiger partial charge in [0.2, 0.25) is 65.0 Å². The van der Waals surface area contributed by atoms with E-state index in [1.165, 1.54) is 31.6 Å². The zero-order chi connectivity index (χ0) is 88.3. The number of likely N-dealkylation sites (tertiary alicyclic amines) is 3. The number of carboxylic acids is 1. The molecular weight excluding hydrogens is 1600 g/mol. The van der Waals surface area contributed by atoms with Crippen molar-refractivity contribution in [2.24, 2.45) is 17.2 Å². The van der Waals surface area contributed by atoms with E-state index in [1.807, 2.05) is 47.4 Å². The number of unbranched alkanes of at least 4 members (excludes halogenated alkanes) is 4. The van der Waals surface area contributed by atoms with E-state index in [0.717, 1.165) is 87.2 Å². The van der Waals surface area contributed by atoms with E-state index in [2.05, 4.69) is 77.0 Å². The molecule has 0 bridgehead atoms. The van der Waals surface area contributed by atoms with E-state index >= 15 is 9.59 Å². The number of para-hydroxylation sites is 1. The lowest BCUT2D eigenvalue weighted by molar-refractivity contribution is -0.152.